The van der Waals surface area contributed by atoms with Crippen LogP contribution in [0.5, 0.6) is 0 Å². The van der Waals surface area contributed by atoms with Gasteiger partial charge in [0.25, 0.3) is 0 Å². The largest absolute Gasteiger partial charge is 0.389 e. The smallest absolute Gasteiger partial charge is 0.0900 e. The number of piperidine rings is 1. The zero-order valence-corrected chi connectivity index (χ0v) is 15.3. The van der Waals surface area contributed by atoms with Gasteiger partial charge in [0.05, 0.1) is 18.8 Å². The molecule has 0 amide bonds. The van der Waals surface area contributed by atoms with E-state index in [0.717, 1.165) is 50.2 Å². The van der Waals surface area contributed by atoms with Crippen LogP contribution in [0.1, 0.15) is 60.3 Å². The lowest BCUT2D eigenvalue weighted by Gasteiger charge is -2.39. The van der Waals surface area contributed by atoms with Gasteiger partial charge >= 0.3 is 0 Å². The number of likely N-dealkylation sites (tertiary alicyclic amines) is 1. The van der Waals surface area contributed by atoms with E-state index in [-0.39, 0.29) is 6.10 Å². The highest BCUT2D eigenvalue weighted by molar-refractivity contribution is 4.84. The van der Waals surface area contributed by atoms with Gasteiger partial charge in [0, 0.05) is 19.6 Å². The molecule has 0 aromatic carbocycles. The van der Waals surface area contributed by atoms with Crippen LogP contribution >= 0.6 is 0 Å². The molecule has 1 aliphatic heterocycles. The highest BCUT2D eigenvalue weighted by atomic mass is 16.5. The number of hydrogen-bond acceptors (Lipinski definition) is 3. The molecule has 130 valence electrons. The maximum Gasteiger partial charge on any atom is 0.0900 e. The third-order valence-corrected chi connectivity index (χ3v) is 5.28. The van der Waals surface area contributed by atoms with Crippen molar-refractivity contribution < 1.29 is 9.84 Å². The summed E-state index contributed by atoms with van der Waals surface area (Å²) in [5, 5.41) is 10.3. The first-order valence-electron chi connectivity index (χ1n) is 9.25. The summed E-state index contributed by atoms with van der Waals surface area (Å²) in [4.78, 5) is 2.42. The van der Waals surface area contributed by atoms with E-state index >= 15 is 0 Å². The molecule has 5 atom stereocenters. The van der Waals surface area contributed by atoms with Gasteiger partial charge in [0.2, 0.25) is 0 Å². The number of aliphatic hydroxyl groups is 1. The van der Waals surface area contributed by atoms with E-state index in [1.165, 1.54) is 12.8 Å². The molecule has 1 aliphatic carbocycles. The molecule has 2 aliphatic rings. The molecule has 0 bridgehead atoms. The SMILES string of the molecule is C[C@@H]1C[C@H](C)CN(C[C@@H](O)CO[C@@H]2C[C@H](C)CC(C)(C)C2)C1. The molecular weight excluding hydrogens is 274 g/mol. The topological polar surface area (TPSA) is 32.7 Å². The predicted molar refractivity (Wildman–Crippen MR) is 91.9 cm³/mol. The molecule has 1 N–H and O–H groups in total. The maximum absolute atomic E-state index is 10.3. The number of aliphatic hydroxyl groups excluding tert-OH is 1. The molecule has 0 aromatic rings. The van der Waals surface area contributed by atoms with Crippen molar-refractivity contribution in [3.8, 4) is 0 Å². The third kappa shape index (κ3) is 5.82. The van der Waals surface area contributed by atoms with Crippen LogP contribution in [0.25, 0.3) is 0 Å². The van der Waals surface area contributed by atoms with Gasteiger partial charge in [-0.1, -0.05) is 34.6 Å². The Morgan fingerprint density at radius 1 is 1.05 bits per heavy atom. The monoisotopic (exact) mass is 311 g/mol. The first kappa shape index (κ1) is 18.2. The van der Waals surface area contributed by atoms with Crippen LogP contribution in [0, 0.1) is 23.2 Å². The summed E-state index contributed by atoms with van der Waals surface area (Å²) in [5.41, 5.74) is 0.380. The summed E-state index contributed by atoms with van der Waals surface area (Å²) >= 11 is 0. The van der Waals surface area contributed by atoms with Crippen LogP contribution in [0.3, 0.4) is 0 Å². The average Bonchev–Trinajstić information content (AvgIpc) is 2.32. The van der Waals surface area contributed by atoms with E-state index in [1.54, 1.807) is 0 Å². The Hall–Kier alpha value is -0.120. The highest BCUT2D eigenvalue weighted by Gasteiger charge is 2.33. The second-order valence-electron chi connectivity index (χ2n) is 9.19. The third-order valence-electron chi connectivity index (χ3n) is 5.28. The second kappa shape index (κ2) is 7.63. The molecule has 0 aromatic heterocycles. The van der Waals surface area contributed by atoms with Gasteiger partial charge in [-0.05, 0) is 48.9 Å². The lowest BCUT2D eigenvalue weighted by Crippen LogP contribution is -2.44. The number of nitrogens with zero attached hydrogens (tertiary/aromatic N) is 1. The Labute approximate surface area is 137 Å². The van der Waals surface area contributed by atoms with Gasteiger partial charge in [-0.15, -0.1) is 0 Å². The Morgan fingerprint density at radius 3 is 2.27 bits per heavy atom. The molecule has 0 radical (unpaired) electrons. The fraction of sp³-hybridized carbons (Fsp3) is 1.00. The molecule has 0 unspecified atom stereocenters. The van der Waals surface area contributed by atoms with Gasteiger partial charge in [0.15, 0.2) is 0 Å². The van der Waals surface area contributed by atoms with Crippen LogP contribution in [-0.4, -0.2) is 48.5 Å². The van der Waals surface area contributed by atoms with Crippen molar-refractivity contribution >= 4 is 0 Å². The van der Waals surface area contributed by atoms with Crippen molar-refractivity contribution in [2.75, 3.05) is 26.2 Å². The molecule has 1 saturated heterocycles. The Morgan fingerprint density at radius 2 is 1.68 bits per heavy atom. The summed E-state index contributed by atoms with van der Waals surface area (Å²) < 4.78 is 6.07. The van der Waals surface area contributed by atoms with Gasteiger partial charge < -0.3 is 14.7 Å². The number of ether oxygens (including phenoxy) is 1. The van der Waals surface area contributed by atoms with Crippen LogP contribution in [-0.2, 0) is 4.74 Å². The van der Waals surface area contributed by atoms with Crippen LogP contribution < -0.4 is 0 Å². The normalized spacial score (nSPS) is 37.9. The first-order chi connectivity index (χ1) is 10.2. The van der Waals surface area contributed by atoms with Crippen LogP contribution in [0.4, 0.5) is 0 Å². The molecule has 2 fully saturated rings. The van der Waals surface area contributed by atoms with E-state index < -0.39 is 0 Å². The minimum Gasteiger partial charge on any atom is -0.389 e. The Kier molecular flexibility index (Phi) is 6.32. The summed E-state index contributed by atoms with van der Waals surface area (Å²) in [6.07, 6.45) is 4.86. The van der Waals surface area contributed by atoms with Crippen molar-refractivity contribution in [2.45, 2.75) is 72.5 Å². The van der Waals surface area contributed by atoms with Crippen molar-refractivity contribution in [3.63, 3.8) is 0 Å². The quantitative estimate of drug-likeness (QED) is 0.842. The van der Waals surface area contributed by atoms with E-state index in [9.17, 15) is 5.11 Å². The summed E-state index contributed by atoms with van der Waals surface area (Å²) in [5.74, 6) is 2.23. The van der Waals surface area contributed by atoms with Crippen molar-refractivity contribution in [3.05, 3.63) is 0 Å². The van der Waals surface area contributed by atoms with E-state index in [2.05, 4.69) is 39.5 Å². The molecule has 3 nitrogen and oxygen atoms in total. The van der Waals surface area contributed by atoms with Crippen molar-refractivity contribution in [1.82, 2.24) is 4.90 Å². The number of rotatable bonds is 5. The molecular formula is C19H37NO2. The lowest BCUT2D eigenvalue weighted by atomic mass is 9.71. The second-order valence-corrected chi connectivity index (χ2v) is 9.19. The fourth-order valence-electron chi connectivity index (χ4n) is 4.92. The van der Waals surface area contributed by atoms with Crippen molar-refractivity contribution in [2.24, 2.45) is 23.2 Å². The summed E-state index contributed by atoms with van der Waals surface area (Å²) in [6.45, 7) is 15.1. The first-order valence-corrected chi connectivity index (χ1v) is 9.25. The van der Waals surface area contributed by atoms with E-state index in [4.69, 9.17) is 4.74 Å². The number of hydrogen-bond donors (Lipinski definition) is 1. The molecule has 0 spiro atoms. The van der Waals surface area contributed by atoms with Gasteiger partial charge in [0.1, 0.15) is 0 Å². The van der Waals surface area contributed by atoms with Gasteiger partial charge in [-0.2, -0.15) is 0 Å². The zero-order valence-electron chi connectivity index (χ0n) is 15.3. The Bertz CT molecular complexity index is 334. The Balaban J connectivity index is 1.72. The zero-order chi connectivity index (χ0) is 16.3. The van der Waals surface area contributed by atoms with Gasteiger partial charge in [-0.25, -0.2) is 0 Å². The molecule has 1 saturated carbocycles. The van der Waals surface area contributed by atoms with E-state index in [1.807, 2.05) is 0 Å². The summed E-state index contributed by atoms with van der Waals surface area (Å²) in [6, 6.07) is 0. The fourth-order valence-corrected chi connectivity index (χ4v) is 4.92. The molecule has 22 heavy (non-hydrogen) atoms. The molecule has 3 heteroatoms. The number of β-amino-alcohol motifs (C(OH)–C–C–N with tert-alkyl or cyclic N) is 1. The maximum atomic E-state index is 10.3. The average molecular weight is 312 g/mol. The standard InChI is InChI=1S/C19H37NO2/c1-14-7-18(9-19(4,5)8-14)22-13-17(21)12-20-10-15(2)6-16(3)11-20/h14-18,21H,6-13H2,1-5H3/t14-,15-,16+,17+,18+/m0/s1. The van der Waals surface area contributed by atoms with Crippen molar-refractivity contribution in [1.29, 1.82) is 0 Å². The minimum atomic E-state index is -0.349. The van der Waals surface area contributed by atoms with Gasteiger partial charge in [-0.3, -0.25) is 0 Å². The molecule has 1 heterocycles. The predicted octanol–water partition coefficient (Wildman–Crippen LogP) is 3.56. The van der Waals surface area contributed by atoms with Crippen LogP contribution in [0.2, 0.25) is 0 Å². The molecule has 2 rings (SSSR count). The minimum absolute atomic E-state index is 0.326. The summed E-state index contributed by atoms with van der Waals surface area (Å²) in [7, 11) is 0. The highest BCUT2D eigenvalue weighted by Crippen LogP contribution is 2.39. The van der Waals surface area contributed by atoms with Crippen LogP contribution in [0.15, 0.2) is 0 Å². The lowest BCUT2D eigenvalue weighted by molar-refractivity contribution is -0.0641. The van der Waals surface area contributed by atoms with E-state index in [0.29, 0.717) is 18.1 Å².